The number of hydrogen-bond acceptors (Lipinski definition) is 4. The van der Waals surface area contributed by atoms with Crippen molar-refractivity contribution in [3.63, 3.8) is 0 Å². The van der Waals surface area contributed by atoms with Crippen molar-refractivity contribution in [1.29, 1.82) is 5.26 Å². The van der Waals surface area contributed by atoms with Crippen molar-refractivity contribution in [2.24, 2.45) is 0 Å². The summed E-state index contributed by atoms with van der Waals surface area (Å²) in [5.41, 5.74) is 0.817. The lowest BCUT2D eigenvalue weighted by atomic mass is 10.2. The molecule has 0 saturated heterocycles. The number of rotatable bonds is 6. The van der Waals surface area contributed by atoms with Gasteiger partial charge in [0.25, 0.3) is 0 Å². The number of carboxylic acids is 1. The lowest BCUT2D eigenvalue weighted by molar-refractivity contribution is -0.132. The van der Waals surface area contributed by atoms with E-state index in [-0.39, 0.29) is 19.5 Å². The Hall–Kier alpha value is -2.68. The molecule has 0 unspecified atom stereocenters. The van der Waals surface area contributed by atoms with Crippen LogP contribution in [0, 0.1) is 11.3 Å². The van der Waals surface area contributed by atoms with Gasteiger partial charge in [-0.25, -0.2) is 4.79 Å². The van der Waals surface area contributed by atoms with Crippen LogP contribution in [0.3, 0.4) is 0 Å². The van der Waals surface area contributed by atoms with Crippen molar-refractivity contribution < 1.29 is 14.7 Å². The molecule has 98 valence electrons. The molecule has 6 heteroatoms. The standard InChI is InChI=1S/C13H13N3O3/c14-6-2-8-16(12(17)4-5-13(18)19)10-11-3-1-7-15-9-11/h1,3-5,7,9H,2,8,10H2,(H,18,19)/b5-4+. The third-order valence-corrected chi connectivity index (χ3v) is 2.27. The summed E-state index contributed by atoms with van der Waals surface area (Å²) < 4.78 is 0. The number of nitriles is 1. The molecule has 1 rings (SSSR count). The van der Waals surface area contributed by atoms with Crippen molar-refractivity contribution in [1.82, 2.24) is 9.88 Å². The minimum atomic E-state index is -1.19. The summed E-state index contributed by atoms with van der Waals surface area (Å²) in [6.45, 7) is 0.534. The van der Waals surface area contributed by atoms with Crippen molar-refractivity contribution in [3.8, 4) is 6.07 Å². The first kappa shape index (κ1) is 14.4. The van der Waals surface area contributed by atoms with E-state index in [0.29, 0.717) is 0 Å². The van der Waals surface area contributed by atoms with Gasteiger partial charge in [0.1, 0.15) is 0 Å². The maximum Gasteiger partial charge on any atom is 0.328 e. The number of hydrogen-bond donors (Lipinski definition) is 1. The fourth-order valence-corrected chi connectivity index (χ4v) is 1.41. The second kappa shape index (κ2) is 7.61. The Morgan fingerprint density at radius 2 is 2.26 bits per heavy atom. The molecule has 0 aromatic carbocycles. The van der Waals surface area contributed by atoms with Crippen molar-refractivity contribution in [3.05, 3.63) is 42.2 Å². The summed E-state index contributed by atoms with van der Waals surface area (Å²) in [5, 5.41) is 17.1. The third-order valence-electron chi connectivity index (χ3n) is 2.27. The molecule has 1 aromatic heterocycles. The summed E-state index contributed by atoms with van der Waals surface area (Å²) in [6.07, 6.45) is 5.19. The molecule has 6 nitrogen and oxygen atoms in total. The number of pyridine rings is 1. The van der Waals surface area contributed by atoms with Gasteiger partial charge < -0.3 is 10.0 Å². The Morgan fingerprint density at radius 3 is 2.84 bits per heavy atom. The second-order valence-corrected chi connectivity index (χ2v) is 3.70. The van der Waals surface area contributed by atoms with Gasteiger partial charge in [-0.1, -0.05) is 6.07 Å². The highest BCUT2D eigenvalue weighted by molar-refractivity contribution is 5.93. The molecule has 0 fully saturated rings. The van der Waals surface area contributed by atoms with Gasteiger partial charge in [-0.05, 0) is 11.6 Å². The third kappa shape index (κ3) is 5.46. The summed E-state index contributed by atoms with van der Waals surface area (Å²) in [4.78, 5) is 27.5. The summed E-state index contributed by atoms with van der Waals surface area (Å²) in [6, 6.07) is 5.51. The zero-order chi connectivity index (χ0) is 14.1. The molecule has 0 saturated carbocycles. The molecule has 0 radical (unpaired) electrons. The Labute approximate surface area is 110 Å². The van der Waals surface area contributed by atoms with Crippen LogP contribution in [0.1, 0.15) is 12.0 Å². The van der Waals surface area contributed by atoms with E-state index in [1.54, 1.807) is 24.5 Å². The normalized spacial score (nSPS) is 10.1. The average molecular weight is 259 g/mol. The van der Waals surface area contributed by atoms with Crippen LogP contribution in [-0.2, 0) is 16.1 Å². The first-order valence-electron chi connectivity index (χ1n) is 5.59. The number of nitrogens with zero attached hydrogens (tertiary/aromatic N) is 3. The van der Waals surface area contributed by atoms with Crippen molar-refractivity contribution >= 4 is 11.9 Å². The predicted octanol–water partition coefficient (Wildman–Crippen LogP) is 0.965. The highest BCUT2D eigenvalue weighted by atomic mass is 16.4. The molecule has 1 heterocycles. The Morgan fingerprint density at radius 1 is 1.47 bits per heavy atom. The molecule has 0 aliphatic heterocycles. The molecular weight excluding hydrogens is 246 g/mol. The van der Waals surface area contributed by atoms with E-state index in [2.05, 4.69) is 4.98 Å². The van der Waals surface area contributed by atoms with E-state index in [1.807, 2.05) is 6.07 Å². The fourth-order valence-electron chi connectivity index (χ4n) is 1.41. The Balaban J connectivity index is 2.74. The Bertz CT molecular complexity index is 506. The van der Waals surface area contributed by atoms with Crippen molar-refractivity contribution in [2.45, 2.75) is 13.0 Å². The minimum Gasteiger partial charge on any atom is -0.478 e. The lowest BCUT2D eigenvalue weighted by Gasteiger charge is -2.19. The van der Waals surface area contributed by atoms with Crippen LogP contribution in [0.5, 0.6) is 0 Å². The molecule has 0 aliphatic carbocycles. The van der Waals surface area contributed by atoms with Gasteiger partial charge in [-0.3, -0.25) is 9.78 Å². The predicted molar refractivity (Wildman–Crippen MR) is 66.7 cm³/mol. The first-order chi connectivity index (χ1) is 9.13. The van der Waals surface area contributed by atoms with Gasteiger partial charge in [0.15, 0.2) is 0 Å². The number of carbonyl (C=O) groups is 2. The average Bonchev–Trinajstić information content (AvgIpc) is 2.41. The quantitative estimate of drug-likeness (QED) is 0.768. The van der Waals surface area contributed by atoms with Crippen LogP contribution in [0.15, 0.2) is 36.7 Å². The topological polar surface area (TPSA) is 94.3 Å². The molecule has 1 N–H and O–H groups in total. The van der Waals surface area contributed by atoms with E-state index in [1.165, 1.54) is 4.90 Å². The van der Waals surface area contributed by atoms with Crippen molar-refractivity contribution in [2.75, 3.05) is 6.54 Å². The van der Waals surface area contributed by atoms with Crippen LogP contribution in [0.2, 0.25) is 0 Å². The largest absolute Gasteiger partial charge is 0.478 e. The first-order valence-corrected chi connectivity index (χ1v) is 5.59. The maximum absolute atomic E-state index is 11.8. The number of aromatic nitrogens is 1. The second-order valence-electron chi connectivity index (χ2n) is 3.70. The minimum absolute atomic E-state index is 0.187. The molecule has 1 amide bonds. The zero-order valence-electron chi connectivity index (χ0n) is 10.2. The number of aliphatic carboxylic acids is 1. The smallest absolute Gasteiger partial charge is 0.328 e. The van der Waals surface area contributed by atoms with Crippen LogP contribution in [0.25, 0.3) is 0 Å². The van der Waals surface area contributed by atoms with E-state index in [9.17, 15) is 9.59 Å². The summed E-state index contributed by atoms with van der Waals surface area (Å²) in [5.74, 6) is -1.63. The van der Waals surface area contributed by atoms with E-state index in [4.69, 9.17) is 10.4 Å². The maximum atomic E-state index is 11.8. The monoisotopic (exact) mass is 259 g/mol. The zero-order valence-corrected chi connectivity index (χ0v) is 10.2. The molecule has 0 spiro atoms. The van der Waals surface area contributed by atoms with E-state index >= 15 is 0 Å². The molecule has 0 bridgehead atoms. The van der Waals surface area contributed by atoms with E-state index in [0.717, 1.165) is 17.7 Å². The van der Waals surface area contributed by atoms with Gasteiger partial charge in [-0.15, -0.1) is 0 Å². The fraction of sp³-hybridized carbons (Fsp3) is 0.231. The van der Waals surface area contributed by atoms with Crippen LogP contribution in [0.4, 0.5) is 0 Å². The van der Waals surface area contributed by atoms with Gasteiger partial charge >= 0.3 is 5.97 Å². The molecule has 0 aliphatic rings. The molecule has 19 heavy (non-hydrogen) atoms. The van der Waals surface area contributed by atoms with E-state index < -0.39 is 11.9 Å². The lowest BCUT2D eigenvalue weighted by Crippen LogP contribution is -2.30. The van der Waals surface area contributed by atoms with Crippen LogP contribution >= 0.6 is 0 Å². The van der Waals surface area contributed by atoms with Gasteiger partial charge in [0.2, 0.25) is 5.91 Å². The Kier molecular flexibility index (Phi) is 5.76. The molecule has 0 atom stereocenters. The van der Waals surface area contributed by atoms with Gasteiger partial charge in [0.05, 0.1) is 12.5 Å². The summed E-state index contributed by atoms with van der Waals surface area (Å²) >= 11 is 0. The molecular formula is C13H13N3O3. The van der Waals surface area contributed by atoms with Crippen LogP contribution in [-0.4, -0.2) is 33.4 Å². The van der Waals surface area contributed by atoms with Crippen LogP contribution < -0.4 is 0 Å². The molecule has 1 aromatic rings. The highest BCUT2D eigenvalue weighted by Crippen LogP contribution is 2.04. The van der Waals surface area contributed by atoms with Gasteiger partial charge in [-0.2, -0.15) is 5.26 Å². The highest BCUT2D eigenvalue weighted by Gasteiger charge is 2.11. The summed E-state index contributed by atoms with van der Waals surface area (Å²) in [7, 11) is 0. The SMILES string of the molecule is N#CCCN(Cc1cccnc1)C(=O)/C=C/C(=O)O. The number of carbonyl (C=O) groups excluding carboxylic acids is 1. The number of amides is 1. The van der Waals surface area contributed by atoms with Gasteiger partial charge in [0, 0.05) is 37.6 Å². The number of carboxylic acid groups (broad SMARTS) is 1.